The lowest BCUT2D eigenvalue weighted by atomic mass is 10.0. The third kappa shape index (κ3) is 0.787. The van der Waals surface area contributed by atoms with Crippen LogP contribution in [0.2, 0.25) is 0 Å². The van der Waals surface area contributed by atoms with E-state index >= 15 is 0 Å². The molecule has 0 N–H and O–H groups in total. The average molecular weight is 125 g/mol. The summed E-state index contributed by atoms with van der Waals surface area (Å²) in [6.07, 6.45) is 7.36. The van der Waals surface area contributed by atoms with E-state index in [2.05, 4.69) is 11.9 Å². The molecule has 9 heavy (non-hydrogen) atoms. The van der Waals surface area contributed by atoms with Gasteiger partial charge in [0.15, 0.2) is 0 Å². The van der Waals surface area contributed by atoms with E-state index in [0.717, 1.165) is 12.1 Å². The Morgan fingerprint density at radius 2 is 1.56 bits per heavy atom. The topological polar surface area (TPSA) is 3.24 Å². The fourth-order valence-electron chi connectivity index (χ4n) is 2.38. The van der Waals surface area contributed by atoms with Crippen LogP contribution in [0, 0.1) is 0 Å². The maximum atomic E-state index is 2.59. The first-order chi connectivity index (χ1) is 4.38. The molecule has 52 valence electrons. The van der Waals surface area contributed by atoms with E-state index in [0.29, 0.717) is 0 Å². The predicted octanol–water partition coefficient (Wildman–Crippen LogP) is 1.63. The molecule has 0 aliphatic carbocycles. The van der Waals surface area contributed by atoms with Gasteiger partial charge in [-0.15, -0.1) is 0 Å². The number of hydrogen-bond acceptors (Lipinski definition) is 1. The van der Waals surface area contributed by atoms with Crippen LogP contribution in [-0.4, -0.2) is 24.0 Å². The van der Waals surface area contributed by atoms with Crippen LogP contribution in [-0.2, 0) is 0 Å². The van der Waals surface area contributed by atoms with Gasteiger partial charge in [0.2, 0.25) is 0 Å². The highest BCUT2D eigenvalue weighted by Crippen LogP contribution is 2.33. The predicted molar refractivity (Wildman–Crippen MR) is 38.4 cm³/mol. The fraction of sp³-hybridized carbons (Fsp3) is 1.00. The standard InChI is InChI=1S/C8H15N/c1-9-7-3-2-4-8(9)6-5-7/h7-8H,2-6H2,1H3. The van der Waals surface area contributed by atoms with Crippen LogP contribution < -0.4 is 0 Å². The summed E-state index contributed by atoms with van der Waals surface area (Å²) in [5, 5.41) is 0. The molecule has 2 aliphatic heterocycles. The largest absolute Gasteiger partial charge is 0.300 e. The van der Waals surface area contributed by atoms with E-state index in [1.165, 1.54) is 32.1 Å². The molecule has 2 saturated heterocycles. The van der Waals surface area contributed by atoms with E-state index in [4.69, 9.17) is 0 Å². The van der Waals surface area contributed by atoms with Gasteiger partial charge in [-0.2, -0.15) is 0 Å². The van der Waals surface area contributed by atoms with Crippen molar-refractivity contribution in [1.29, 1.82) is 0 Å². The third-order valence-corrected chi connectivity index (χ3v) is 3.06. The molecule has 0 radical (unpaired) electrons. The van der Waals surface area contributed by atoms with Gasteiger partial charge in [-0.1, -0.05) is 6.42 Å². The number of rotatable bonds is 0. The Balaban J connectivity index is 2.10. The number of fused-ring (bicyclic) bond motifs is 2. The second-order valence-corrected chi connectivity index (χ2v) is 3.48. The molecule has 1 nitrogen and oxygen atoms in total. The van der Waals surface area contributed by atoms with Crippen molar-refractivity contribution in [3.05, 3.63) is 0 Å². The molecule has 2 heterocycles. The Morgan fingerprint density at radius 3 is 2.00 bits per heavy atom. The van der Waals surface area contributed by atoms with Crippen LogP contribution in [0.4, 0.5) is 0 Å². The zero-order chi connectivity index (χ0) is 6.27. The lowest BCUT2D eigenvalue weighted by Crippen LogP contribution is -2.35. The van der Waals surface area contributed by atoms with Gasteiger partial charge >= 0.3 is 0 Å². The molecule has 0 aromatic heterocycles. The molecule has 2 unspecified atom stereocenters. The highest BCUT2D eigenvalue weighted by molar-refractivity contribution is 4.89. The molecule has 2 fully saturated rings. The summed E-state index contributed by atoms with van der Waals surface area (Å²) in [5.74, 6) is 0. The summed E-state index contributed by atoms with van der Waals surface area (Å²) in [7, 11) is 2.29. The van der Waals surface area contributed by atoms with Crippen molar-refractivity contribution in [2.24, 2.45) is 0 Å². The molecular formula is C8H15N. The third-order valence-electron chi connectivity index (χ3n) is 3.06. The monoisotopic (exact) mass is 125 g/mol. The van der Waals surface area contributed by atoms with Gasteiger partial charge in [-0.25, -0.2) is 0 Å². The number of nitrogens with zero attached hydrogens (tertiary/aromatic N) is 1. The van der Waals surface area contributed by atoms with Gasteiger partial charge in [0.25, 0.3) is 0 Å². The summed E-state index contributed by atoms with van der Waals surface area (Å²) >= 11 is 0. The van der Waals surface area contributed by atoms with Crippen molar-refractivity contribution >= 4 is 0 Å². The van der Waals surface area contributed by atoms with Crippen LogP contribution in [0.15, 0.2) is 0 Å². The average Bonchev–Trinajstić information content (AvgIpc) is 2.19. The van der Waals surface area contributed by atoms with E-state index < -0.39 is 0 Å². The smallest absolute Gasteiger partial charge is 0.00957 e. The molecule has 0 aromatic rings. The maximum absolute atomic E-state index is 2.59. The lowest BCUT2D eigenvalue weighted by molar-refractivity contribution is 0.179. The molecule has 2 bridgehead atoms. The number of hydrogen-bond donors (Lipinski definition) is 0. The van der Waals surface area contributed by atoms with E-state index in [9.17, 15) is 0 Å². The Kier molecular flexibility index (Phi) is 1.26. The van der Waals surface area contributed by atoms with Gasteiger partial charge < -0.3 is 4.90 Å². The first-order valence-corrected chi connectivity index (χ1v) is 4.10. The summed E-state index contributed by atoms with van der Waals surface area (Å²) in [5.41, 5.74) is 0. The van der Waals surface area contributed by atoms with Crippen molar-refractivity contribution in [3.63, 3.8) is 0 Å². The molecular weight excluding hydrogens is 110 g/mol. The summed E-state index contributed by atoms with van der Waals surface area (Å²) in [6.45, 7) is 0. The van der Waals surface area contributed by atoms with Gasteiger partial charge in [-0.3, -0.25) is 0 Å². The minimum atomic E-state index is 0.962. The molecule has 2 rings (SSSR count). The van der Waals surface area contributed by atoms with E-state index in [1.54, 1.807) is 0 Å². The SMILES string of the molecule is CN1C2CCCC1CC2. The van der Waals surface area contributed by atoms with Crippen LogP contribution >= 0.6 is 0 Å². The first-order valence-electron chi connectivity index (χ1n) is 4.10. The van der Waals surface area contributed by atoms with Crippen molar-refractivity contribution in [2.45, 2.75) is 44.2 Å². The zero-order valence-electron chi connectivity index (χ0n) is 6.14. The zero-order valence-corrected chi connectivity index (χ0v) is 6.14. The van der Waals surface area contributed by atoms with Gasteiger partial charge in [0.1, 0.15) is 0 Å². The Labute approximate surface area is 57.0 Å². The van der Waals surface area contributed by atoms with Gasteiger partial charge in [-0.05, 0) is 32.7 Å². The highest BCUT2D eigenvalue weighted by Gasteiger charge is 2.33. The van der Waals surface area contributed by atoms with Crippen LogP contribution in [0.5, 0.6) is 0 Å². The first kappa shape index (κ1) is 5.72. The summed E-state index contributed by atoms with van der Waals surface area (Å²) in [6, 6.07) is 1.92. The maximum Gasteiger partial charge on any atom is 0.00957 e. The Bertz CT molecular complexity index is 95.1. The Morgan fingerprint density at radius 1 is 1.00 bits per heavy atom. The summed E-state index contributed by atoms with van der Waals surface area (Å²) in [4.78, 5) is 2.59. The molecule has 0 aromatic carbocycles. The van der Waals surface area contributed by atoms with Crippen molar-refractivity contribution in [1.82, 2.24) is 4.90 Å². The second kappa shape index (κ2) is 1.98. The Hall–Kier alpha value is -0.0400. The van der Waals surface area contributed by atoms with Crippen molar-refractivity contribution < 1.29 is 0 Å². The van der Waals surface area contributed by atoms with Gasteiger partial charge in [0.05, 0.1) is 0 Å². The quantitative estimate of drug-likeness (QED) is 0.475. The minimum absolute atomic E-state index is 0.962. The molecule has 1 heteroatoms. The van der Waals surface area contributed by atoms with Crippen LogP contribution in [0.25, 0.3) is 0 Å². The molecule has 0 saturated carbocycles. The van der Waals surface area contributed by atoms with Gasteiger partial charge in [0, 0.05) is 12.1 Å². The molecule has 2 aliphatic rings. The molecule has 0 amide bonds. The van der Waals surface area contributed by atoms with Crippen molar-refractivity contribution in [3.8, 4) is 0 Å². The van der Waals surface area contributed by atoms with E-state index in [-0.39, 0.29) is 0 Å². The molecule has 0 spiro atoms. The minimum Gasteiger partial charge on any atom is -0.300 e. The normalized spacial score (nSPS) is 43.7. The second-order valence-electron chi connectivity index (χ2n) is 3.48. The number of piperidine rings is 1. The lowest BCUT2D eigenvalue weighted by Gasteiger charge is -2.30. The van der Waals surface area contributed by atoms with Crippen LogP contribution in [0.3, 0.4) is 0 Å². The van der Waals surface area contributed by atoms with E-state index in [1.807, 2.05) is 0 Å². The summed E-state index contributed by atoms with van der Waals surface area (Å²) < 4.78 is 0. The fourth-order valence-corrected chi connectivity index (χ4v) is 2.38. The van der Waals surface area contributed by atoms with Crippen molar-refractivity contribution in [2.75, 3.05) is 7.05 Å². The van der Waals surface area contributed by atoms with Crippen LogP contribution in [0.1, 0.15) is 32.1 Å². The highest BCUT2D eigenvalue weighted by atomic mass is 15.2. The molecule has 2 atom stereocenters.